The van der Waals surface area contributed by atoms with Crippen LogP contribution in [0.5, 0.6) is 0 Å². The molecule has 0 spiro atoms. The van der Waals surface area contributed by atoms with Crippen LogP contribution < -0.4 is 5.73 Å². The summed E-state index contributed by atoms with van der Waals surface area (Å²) in [4.78, 5) is 48.8. The van der Waals surface area contributed by atoms with E-state index < -0.39 is 10.4 Å². The number of halogens is 1. The highest BCUT2D eigenvalue weighted by Gasteiger charge is 2.30. The number of carbonyl (C=O) groups is 4. The van der Waals surface area contributed by atoms with Crippen molar-refractivity contribution in [3.63, 3.8) is 0 Å². The number of rotatable bonds is 0. The Bertz CT molecular complexity index is 1670. The summed E-state index contributed by atoms with van der Waals surface area (Å²) in [5.74, 6) is -0.377. The molecule has 0 saturated carbocycles. The number of hydrogen-bond donors (Lipinski definition) is 3. The third-order valence-corrected chi connectivity index (χ3v) is 6.51. The summed E-state index contributed by atoms with van der Waals surface area (Å²) in [6, 6.07) is 24.0. The predicted octanol–water partition coefficient (Wildman–Crippen LogP) is 4.46. The molecule has 2 aliphatic rings. The highest BCUT2D eigenvalue weighted by atomic mass is 127. The van der Waals surface area contributed by atoms with Crippen molar-refractivity contribution in [3.05, 3.63) is 133 Å². The SMILES string of the molecule is Nc1ccc2c(c1)C(=O)c1ccccc1C2=O.O=C1c2ccccc2C(=O)c2cc(I)ccc21.O=S(=O)(O)O. The molecule has 0 unspecified atom stereocenters. The number of nitrogens with two attached hydrogens (primary N) is 1. The second-order valence-electron chi connectivity index (χ2n) is 8.35. The van der Waals surface area contributed by atoms with Crippen LogP contribution in [0.25, 0.3) is 0 Å². The molecule has 0 heterocycles. The van der Waals surface area contributed by atoms with Gasteiger partial charge in [0.15, 0.2) is 23.1 Å². The van der Waals surface area contributed by atoms with E-state index in [9.17, 15) is 19.2 Å². The molecule has 39 heavy (non-hydrogen) atoms. The molecule has 4 aromatic carbocycles. The first kappa shape index (κ1) is 28.0. The van der Waals surface area contributed by atoms with Gasteiger partial charge in [0.2, 0.25) is 0 Å². The van der Waals surface area contributed by atoms with E-state index in [4.69, 9.17) is 23.3 Å². The molecule has 0 amide bonds. The van der Waals surface area contributed by atoms with E-state index in [0.29, 0.717) is 50.2 Å². The lowest BCUT2D eigenvalue weighted by Crippen LogP contribution is -2.20. The van der Waals surface area contributed by atoms with Gasteiger partial charge in [-0.25, -0.2) is 0 Å². The van der Waals surface area contributed by atoms with Crippen molar-refractivity contribution in [2.75, 3.05) is 5.73 Å². The van der Waals surface area contributed by atoms with Crippen LogP contribution in [-0.4, -0.2) is 40.7 Å². The summed E-state index contributed by atoms with van der Waals surface area (Å²) < 4.78 is 32.5. The van der Waals surface area contributed by atoms with Gasteiger partial charge >= 0.3 is 10.4 Å². The Balaban J connectivity index is 0.000000155. The molecule has 4 aromatic rings. The van der Waals surface area contributed by atoms with Crippen molar-refractivity contribution in [3.8, 4) is 0 Å². The first-order valence-corrected chi connectivity index (χ1v) is 13.6. The normalized spacial score (nSPS) is 13.0. The number of ketones is 4. The van der Waals surface area contributed by atoms with Crippen LogP contribution in [0.1, 0.15) is 63.7 Å². The molecular formula is C28H18INO8S. The van der Waals surface area contributed by atoms with E-state index in [0.717, 1.165) is 3.57 Å². The summed E-state index contributed by atoms with van der Waals surface area (Å²) in [6.07, 6.45) is 0. The Hall–Kier alpha value is -4.04. The Morgan fingerprint density at radius 1 is 0.513 bits per heavy atom. The quantitative estimate of drug-likeness (QED) is 0.122. The maximum atomic E-state index is 12.3. The second kappa shape index (κ2) is 11.0. The third-order valence-electron chi connectivity index (χ3n) is 5.84. The van der Waals surface area contributed by atoms with Gasteiger partial charge < -0.3 is 5.73 Å². The van der Waals surface area contributed by atoms with Gasteiger partial charge in [0.1, 0.15) is 0 Å². The molecule has 2 aliphatic carbocycles. The molecular weight excluding hydrogens is 637 g/mol. The van der Waals surface area contributed by atoms with Crippen molar-refractivity contribution in [1.29, 1.82) is 0 Å². The van der Waals surface area contributed by atoms with Crippen LogP contribution in [-0.2, 0) is 10.4 Å². The summed E-state index contributed by atoms with van der Waals surface area (Å²) in [7, 11) is -4.67. The number of nitrogen functional groups attached to an aromatic ring is 1. The predicted molar refractivity (Wildman–Crippen MR) is 151 cm³/mol. The van der Waals surface area contributed by atoms with Gasteiger partial charge in [-0.1, -0.05) is 48.5 Å². The standard InChI is InChI=1S/C14H7IO2.C14H9NO2.H2O4S/c2*15-8-5-6-11-12(7-8)14(17)10-4-2-1-3-9(10)13(11)16;1-5(2,3)4/h1-7H;1-7H,15H2;(H2,1,2,3,4). The molecule has 4 N–H and O–H groups in total. The number of anilines is 1. The largest absolute Gasteiger partial charge is 0.399 e. The van der Waals surface area contributed by atoms with E-state index in [1.54, 1.807) is 78.9 Å². The summed E-state index contributed by atoms with van der Waals surface area (Å²) in [5, 5.41) is 0. The van der Waals surface area contributed by atoms with Gasteiger partial charge in [-0.2, -0.15) is 8.42 Å². The number of fused-ring (bicyclic) bond motifs is 4. The van der Waals surface area contributed by atoms with Crippen molar-refractivity contribution < 1.29 is 36.7 Å². The Morgan fingerprint density at radius 3 is 1.23 bits per heavy atom. The van der Waals surface area contributed by atoms with Crippen LogP contribution in [0, 0.1) is 3.57 Å². The summed E-state index contributed by atoms with van der Waals surface area (Å²) in [6.45, 7) is 0. The molecule has 6 rings (SSSR count). The number of carbonyl (C=O) groups excluding carboxylic acids is 4. The van der Waals surface area contributed by atoms with Crippen LogP contribution in [0.3, 0.4) is 0 Å². The average molecular weight is 655 g/mol. The van der Waals surface area contributed by atoms with E-state index in [-0.39, 0.29) is 23.1 Å². The van der Waals surface area contributed by atoms with Gasteiger partial charge in [-0.3, -0.25) is 28.3 Å². The lowest BCUT2D eigenvalue weighted by atomic mass is 9.84. The zero-order chi connectivity index (χ0) is 28.5. The Labute approximate surface area is 236 Å². The smallest absolute Gasteiger partial charge is 0.394 e. The van der Waals surface area contributed by atoms with Crippen LogP contribution in [0.15, 0.2) is 84.9 Å². The topological polar surface area (TPSA) is 169 Å². The molecule has 0 aromatic heterocycles. The fourth-order valence-corrected chi connectivity index (χ4v) is 4.68. The zero-order valence-electron chi connectivity index (χ0n) is 19.8. The molecule has 9 nitrogen and oxygen atoms in total. The molecule has 0 aliphatic heterocycles. The lowest BCUT2D eigenvalue weighted by Gasteiger charge is -2.17. The highest BCUT2D eigenvalue weighted by molar-refractivity contribution is 14.1. The molecule has 0 atom stereocenters. The lowest BCUT2D eigenvalue weighted by molar-refractivity contribution is 0.0979. The summed E-state index contributed by atoms with van der Waals surface area (Å²) in [5.41, 5.74) is 9.92. The van der Waals surface area contributed by atoms with Gasteiger partial charge in [-0.15, -0.1) is 0 Å². The molecule has 11 heteroatoms. The minimum Gasteiger partial charge on any atom is -0.399 e. The zero-order valence-corrected chi connectivity index (χ0v) is 22.8. The van der Waals surface area contributed by atoms with Crippen molar-refractivity contribution in [1.82, 2.24) is 0 Å². The van der Waals surface area contributed by atoms with E-state index >= 15 is 0 Å². The third kappa shape index (κ3) is 6.01. The van der Waals surface area contributed by atoms with Gasteiger partial charge in [0.05, 0.1) is 0 Å². The van der Waals surface area contributed by atoms with E-state index in [1.165, 1.54) is 0 Å². The molecule has 0 saturated heterocycles. The maximum Gasteiger partial charge on any atom is 0.394 e. The molecule has 0 radical (unpaired) electrons. The summed E-state index contributed by atoms with van der Waals surface area (Å²) >= 11 is 2.14. The first-order valence-electron chi connectivity index (χ1n) is 11.1. The molecule has 196 valence electrons. The fourth-order valence-electron chi connectivity index (χ4n) is 4.19. The van der Waals surface area contributed by atoms with E-state index in [1.807, 2.05) is 6.07 Å². The average Bonchev–Trinajstić information content (AvgIpc) is 2.90. The van der Waals surface area contributed by atoms with Crippen LogP contribution in [0.2, 0.25) is 0 Å². The van der Waals surface area contributed by atoms with Gasteiger partial charge in [0, 0.05) is 53.8 Å². The monoisotopic (exact) mass is 655 g/mol. The van der Waals surface area contributed by atoms with Crippen LogP contribution in [0.4, 0.5) is 5.69 Å². The fraction of sp³-hybridized carbons (Fsp3) is 0. The van der Waals surface area contributed by atoms with Crippen molar-refractivity contribution in [2.24, 2.45) is 0 Å². The second-order valence-corrected chi connectivity index (χ2v) is 10.5. The Kier molecular flexibility index (Phi) is 7.88. The molecule has 0 bridgehead atoms. The van der Waals surface area contributed by atoms with Gasteiger partial charge in [-0.05, 0) is 59.0 Å². The highest BCUT2D eigenvalue weighted by Crippen LogP contribution is 2.29. The van der Waals surface area contributed by atoms with Crippen LogP contribution >= 0.6 is 22.6 Å². The minimum atomic E-state index is -4.67. The maximum absolute atomic E-state index is 12.3. The first-order chi connectivity index (χ1) is 18.4. The minimum absolute atomic E-state index is 0.0614. The molecule has 0 fully saturated rings. The van der Waals surface area contributed by atoms with E-state index in [2.05, 4.69) is 22.6 Å². The van der Waals surface area contributed by atoms with Crippen molar-refractivity contribution in [2.45, 2.75) is 0 Å². The number of benzene rings is 4. The number of hydrogen-bond acceptors (Lipinski definition) is 7. The van der Waals surface area contributed by atoms with Crippen molar-refractivity contribution >= 4 is 61.8 Å². The van der Waals surface area contributed by atoms with Gasteiger partial charge in [0.25, 0.3) is 0 Å². The Morgan fingerprint density at radius 2 is 0.821 bits per heavy atom.